The van der Waals surface area contributed by atoms with Crippen molar-refractivity contribution in [2.24, 2.45) is 4.99 Å². The van der Waals surface area contributed by atoms with Gasteiger partial charge in [-0.05, 0) is 38.0 Å². The van der Waals surface area contributed by atoms with Crippen LogP contribution in [0.3, 0.4) is 0 Å². The third-order valence-corrected chi connectivity index (χ3v) is 6.29. The second-order valence-electron chi connectivity index (χ2n) is 6.64. The molecule has 2 heterocycles. The highest BCUT2D eigenvalue weighted by atomic mass is 79.9. The van der Waals surface area contributed by atoms with E-state index < -0.39 is 0 Å². The molecule has 1 saturated heterocycles. The Balaban J connectivity index is 1.82. The van der Waals surface area contributed by atoms with Crippen molar-refractivity contribution in [1.82, 2.24) is 4.57 Å². The molecule has 4 rings (SSSR count). The number of ether oxygens (including phenoxy) is 2. The van der Waals surface area contributed by atoms with E-state index in [2.05, 4.69) is 44.1 Å². The highest BCUT2D eigenvalue weighted by Gasteiger charge is 2.20. The van der Waals surface area contributed by atoms with E-state index in [0.29, 0.717) is 6.61 Å². The van der Waals surface area contributed by atoms with Crippen LogP contribution in [0.5, 0.6) is 5.75 Å². The fraction of sp³-hybridized carbons (Fsp3) is 0.318. The maximum absolute atomic E-state index is 5.92. The lowest BCUT2D eigenvalue weighted by Gasteiger charge is -2.15. The molecule has 4 nitrogen and oxygen atoms in total. The van der Waals surface area contributed by atoms with E-state index in [1.165, 1.54) is 0 Å². The number of aromatic nitrogens is 1. The number of benzene rings is 2. The van der Waals surface area contributed by atoms with Gasteiger partial charge in [-0.1, -0.05) is 46.3 Å². The van der Waals surface area contributed by atoms with E-state index in [1.54, 1.807) is 11.3 Å². The van der Waals surface area contributed by atoms with Crippen molar-refractivity contribution in [2.45, 2.75) is 32.4 Å². The third kappa shape index (κ3) is 4.24. The molecule has 0 bridgehead atoms. The molecule has 0 spiro atoms. The first-order valence-electron chi connectivity index (χ1n) is 9.57. The van der Waals surface area contributed by atoms with E-state index in [0.717, 1.165) is 58.0 Å². The van der Waals surface area contributed by atoms with E-state index in [4.69, 9.17) is 14.5 Å². The number of hydrogen-bond acceptors (Lipinski definition) is 4. The molecule has 0 N–H and O–H groups in total. The van der Waals surface area contributed by atoms with E-state index in [1.807, 2.05) is 37.3 Å². The summed E-state index contributed by atoms with van der Waals surface area (Å²) in [4.78, 5) is 5.92. The fourth-order valence-electron chi connectivity index (χ4n) is 3.40. The molecule has 146 valence electrons. The number of hydrogen-bond donors (Lipinski definition) is 0. The zero-order valence-corrected chi connectivity index (χ0v) is 18.2. The molecule has 28 heavy (non-hydrogen) atoms. The average Bonchev–Trinajstić information content (AvgIpc) is 3.35. The summed E-state index contributed by atoms with van der Waals surface area (Å²) in [5.74, 6) is 0.810. The Bertz CT molecular complexity index is 1010. The second kappa shape index (κ2) is 9.07. The standard InChI is InChI=1S/C22H23BrN2O2S/c1-2-26-21-12-6-5-11-19(21)24-22-25(14-16-8-7-13-27-16)20(15-28-22)17-9-3-4-10-18(17)23/h3-6,9-12,15-16H,2,7-8,13-14H2,1H3. The molecular weight excluding hydrogens is 436 g/mol. The number of rotatable bonds is 6. The molecule has 0 radical (unpaired) electrons. The van der Waals surface area contributed by atoms with Gasteiger partial charge in [-0.25, -0.2) is 4.99 Å². The van der Waals surface area contributed by atoms with Crippen molar-refractivity contribution in [3.63, 3.8) is 0 Å². The van der Waals surface area contributed by atoms with Gasteiger partial charge in [0.05, 0.1) is 24.9 Å². The van der Waals surface area contributed by atoms with Gasteiger partial charge in [0.2, 0.25) is 0 Å². The van der Waals surface area contributed by atoms with Gasteiger partial charge >= 0.3 is 0 Å². The smallest absolute Gasteiger partial charge is 0.190 e. The summed E-state index contributed by atoms with van der Waals surface area (Å²) in [6.07, 6.45) is 2.45. The maximum atomic E-state index is 5.92. The largest absolute Gasteiger partial charge is 0.492 e. The van der Waals surface area contributed by atoms with Crippen LogP contribution in [-0.4, -0.2) is 23.9 Å². The van der Waals surface area contributed by atoms with Crippen LogP contribution in [0, 0.1) is 0 Å². The van der Waals surface area contributed by atoms with Crippen molar-refractivity contribution < 1.29 is 9.47 Å². The lowest BCUT2D eigenvalue weighted by molar-refractivity contribution is 0.0968. The SMILES string of the molecule is CCOc1ccccc1N=c1scc(-c2ccccc2Br)n1CC1CCCO1. The molecule has 2 aromatic carbocycles. The fourth-order valence-corrected chi connectivity index (χ4v) is 4.81. The summed E-state index contributed by atoms with van der Waals surface area (Å²) in [7, 11) is 0. The molecule has 0 saturated carbocycles. The normalized spacial score (nSPS) is 17.2. The van der Waals surface area contributed by atoms with Gasteiger partial charge in [-0.3, -0.25) is 0 Å². The zero-order chi connectivity index (χ0) is 19.3. The van der Waals surface area contributed by atoms with Gasteiger partial charge in [-0.2, -0.15) is 0 Å². The van der Waals surface area contributed by atoms with E-state index >= 15 is 0 Å². The van der Waals surface area contributed by atoms with Crippen LogP contribution < -0.4 is 9.54 Å². The number of thiazole rings is 1. The van der Waals surface area contributed by atoms with Gasteiger partial charge in [-0.15, -0.1) is 11.3 Å². The number of nitrogens with zero attached hydrogens (tertiary/aromatic N) is 2. The van der Waals surface area contributed by atoms with Crippen LogP contribution in [0.1, 0.15) is 19.8 Å². The second-order valence-corrected chi connectivity index (χ2v) is 8.33. The molecule has 1 aliphatic heterocycles. The Kier molecular flexibility index (Phi) is 6.29. The third-order valence-electron chi connectivity index (χ3n) is 4.74. The minimum atomic E-state index is 0.233. The summed E-state index contributed by atoms with van der Waals surface area (Å²) >= 11 is 5.35. The van der Waals surface area contributed by atoms with Gasteiger partial charge in [0.15, 0.2) is 4.80 Å². The Morgan fingerprint density at radius 1 is 1.21 bits per heavy atom. The Labute approximate surface area is 177 Å². The van der Waals surface area contributed by atoms with Crippen molar-refractivity contribution in [2.75, 3.05) is 13.2 Å². The summed E-state index contributed by atoms with van der Waals surface area (Å²) in [6, 6.07) is 16.2. The van der Waals surface area contributed by atoms with Crippen molar-refractivity contribution in [3.8, 4) is 17.0 Å². The van der Waals surface area contributed by atoms with Crippen LogP contribution in [0.25, 0.3) is 11.3 Å². The van der Waals surface area contributed by atoms with Gasteiger partial charge in [0, 0.05) is 22.0 Å². The monoisotopic (exact) mass is 458 g/mol. The molecule has 0 aliphatic carbocycles. The molecular formula is C22H23BrN2O2S. The molecule has 0 amide bonds. The topological polar surface area (TPSA) is 35.8 Å². The molecule has 1 aromatic heterocycles. The zero-order valence-electron chi connectivity index (χ0n) is 15.8. The first kappa shape index (κ1) is 19.4. The van der Waals surface area contributed by atoms with Gasteiger partial charge < -0.3 is 14.0 Å². The predicted molar refractivity (Wildman–Crippen MR) is 117 cm³/mol. The molecule has 3 aromatic rings. The molecule has 6 heteroatoms. The Hall–Kier alpha value is -1.89. The molecule has 1 aliphatic rings. The highest BCUT2D eigenvalue weighted by molar-refractivity contribution is 9.10. The first-order chi connectivity index (χ1) is 13.8. The van der Waals surface area contributed by atoms with E-state index in [9.17, 15) is 0 Å². The summed E-state index contributed by atoms with van der Waals surface area (Å²) < 4.78 is 15.0. The number of halogens is 1. The molecule has 1 atom stereocenters. The van der Waals surface area contributed by atoms with Crippen molar-refractivity contribution >= 4 is 33.0 Å². The van der Waals surface area contributed by atoms with Crippen LogP contribution in [-0.2, 0) is 11.3 Å². The Morgan fingerprint density at radius 2 is 2.04 bits per heavy atom. The quantitative estimate of drug-likeness (QED) is 0.468. The lowest BCUT2D eigenvalue weighted by atomic mass is 10.1. The minimum absolute atomic E-state index is 0.233. The summed E-state index contributed by atoms with van der Waals surface area (Å²) in [5.41, 5.74) is 3.17. The first-order valence-corrected chi connectivity index (χ1v) is 11.2. The molecule has 1 unspecified atom stereocenters. The Morgan fingerprint density at radius 3 is 2.82 bits per heavy atom. The lowest BCUT2D eigenvalue weighted by Crippen LogP contribution is -2.24. The number of para-hydroxylation sites is 2. The average molecular weight is 459 g/mol. The maximum Gasteiger partial charge on any atom is 0.190 e. The minimum Gasteiger partial charge on any atom is -0.492 e. The summed E-state index contributed by atoms with van der Waals surface area (Å²) in [6.45, 7) is 4.26. The summed E-state index contributed by atoms with van der Waals surface area (Å²) in [5, 5.41) is 2.18. The van der Waals surface area contributed by atoms with Crippen molar-refractivity contribution in [3.05, 3.63) is 63.2 Å². The molecule has 1 fully saturated rings. The van der Waals surface area contributed by atoms with Gasteiger partial charge in [0.1, 0.15) is 11.4 Å². The van der Waals surface area contributed by atoms with E-state index in [-0.39, 0.29) is 6.10 Å². The predicted octanol–water partition coefficient (Wildman–Crippen LogP) is 5.79. The van der Waals surface area contributed by atoms with Crippen LogP contribution in [0.15, 0.2) is 63.4 Å². The van der Waals surface area contributed by atoms with Crippen LogP contribution in [0.2, 0.25) is 0 Å². The van der Waals surface area contributed by atoms with Crippen molar-refractivity contribution in [1.29, 1.82) is 0 Å². The highest BCUT2D eigenvalue weighted by Crippen LogP contribution is 2.31. The van der Waals surface area contributed by atoms with Gasteiger partial charge in [0.25, 0.3) is 0 Å². The van der Waals surface area contributed by atoms with Crippen LogP contribution in [0.4, 0.5) is 5.69 Å². The van der Waals surface area contributed by atoms with Crippen LogP contribution >= 0.6 is 27.3 Å².